The largest absolute Gasteiger partial charge is 0.740 e. The molecule has 0 fully saturated rings. The third-order valence-electron chi connectivity index (χ3n) is 1.67. The summed E-state index contributed by atoms with van der Waals surface area (Å²) in [7, 11) is 0. The Morgan fingerprint density at radius 1 is 1.40 bits per heavy atom. The zero-order valence-corrected chi connectivity index (χ0v) is 8.66. The van der Waals surface area contributed by atoms with Crippen LogP contribution in [0.3, 0.4) is 0 Å². The molecule has 1 N–H and O–H groups in total. The summed E-state index contributed by atoms with van der Waals surface area (Å²) in [6.07, 6.45) is -0.333. The maximum atomic E-state index is 10.7. The number of rotatable bonds is 4. The normalized spacial score (nSPS) is 11.8. The summed E-state index contributed by atoms with van der Waals surface area (Å²) in [6, 6.07) is 9.50. The maximum Gasteiger partial charge on any atom is 0.420 e. The van der Waals surface area contributed by atoms with Crippen LogP contribution in [0.25, 0.3) is 0 Å². The Balaban J connectivity index is 2.22. The highest BCUT2D eigenvalue weighted by atomic mass is 32.2. The van der Waals surface area contributed by atoms with Gasteiger partial charge in [-0.3, -0.25) is 0 Å². The van der Waals surface area contributed by atoms with Crippen molar-refractivity contribution in [2.45, 2.75) is 6.42 Å². The van der Waals surface area contributed by atoms with Crippen molar-refractivity contribution in [3.05, 3.63) is 35.9 Å². The summed E-state index contributed by atoms with van der Waals surface area (Å²) in [5.41, 5.74) is 1.06. The second-order valence-corrected chi connectivity index (χ2v) is 3.31. The summed E-state index contributed by atoms with van der Waals surface area (Å²) in [4.78, 5) is 10.7. The van der Waals surface area contributed by atoms with Crippen molar-refractivity contribution in [3.8, 4) is 0 Å². The Morgan fingerprint density at radius 3 is 2.67 bits per heavy atom. The highest BCUT2D eigenvalue weighted by molar-refractivity contribution is 7.74. The minimum Gasteiger partial charge on any atom is -0.740 e. The van der Waals surface area contributed by atoms with Crippen LogP contribution < -0.4 is 5.32 Å². The smallest absolute Gasteiger partial charge is 0.420 e. The molecule has 1 aromatic rings. The van der Waals surface area contributed by atoms with E-state index >= 15 is 0 Å². The topological polar surface area (TPSA) is 78.5 Å². The molecule has 6 heteroatoms. The van der Waals surface area contributed by atoms with Crippen LogP contribution in [0.5, 0.6) is 0 Å². The standard InChI is InChI=1S/C9H11NO4S/c11-9(14-15(12)13)10-7-6-8-4-2-1-3-5-8/h1-5H,6-7H2,(H,10,11)(H,12,13)/p-1. The second-order valence-electron chi connectivity index (χ2n) is 2.74. The molecule has 1 unspecified atom stereocenters. The van der Waals surface area contributed by atoms with Gasteiger partial charge < -0.3 is 14.1 Å². The molecule has 5 nitrogen and oxygen atoms in total. The molecule has 1 atom stereocenters. The molecule has 82 valence electrons. The van der Waals surface area contributed by atoms with Gasteiger partial charge in [0.1, 0.15) is 11.4 Å². The van der Waals surface area contributed by atoms with Crippen LogP contribution in [0.15, 0.2) is 30.3 Å². The summed E-state index contributed by atoms with van der Waals surface area (Å²) >= 11 is -2.81. The number of carbonyl (C=O) groups excluding carboxylic acids is 1. The van der Waals surface area contributed by atoms with E-state index in [1.165, 1.54) is 0 Å². The highest BCUT2D eigenvalue weighted by Crippen LogP contribution is 1.98. The summed E-state index contributed by atoms with van der Waals surface area (Å²) in [5.74, 6) is 0. The molecule has 0 aromatic heterocycles. The van der Waals surface area contributed by atoms with E-state index in [4.69, 9.17) is 0 Å². The van der Waals surface area contributed by atoms with E-state index < -0.39 is 17.5 Å². The first kappa shape index (κ1) is 11.7. The predicted molar refractivity (Wildman–Crippen MR) is 53.5 cm³/mol. The van der Waals surface area contributed by atoms with Crippen LogP contribution in [0, 0.1) is 0 Å². The van der Waals surface area contributed by atoms with Crippen molar-refractivity contribution in [1.29, 1.82) is 0 Å². The maximum absolute atomic E-state index is 10.7. The Hall–Kier alpha value is -1.40. The molecule has 0 bridgehead atoms. The molecular weight excluding hydrogens is 218 g/mol. The van der Waals surface area contributed by atoms with E-state index in [1.807, 2.05) is 30.3 Å². The lowest BCUT2D eigenvalue weighted by Crippen LogP contribution is -2.27. The third kappa shape index (κ3) is 5.14. The fourth-order valence-electron chi connectivity index (χ4n) is 1.04. The summed E-state index contributed by atoms with van der Waals surface area (Å²) in [5, 5.41) is 2.31. The fraction of sp³-hybridized carbons (Fsp3) is 0.222. The van der Waals surface area contributed by atoms with Gasteiger partial charge in [-0.25, -0.2) is 9.00 Å². The van der Waals surface area contributed by atoms with Gasteiger partial charge in [0.15, 0.2) is 0 Å². The number of amides is 1. The molecule has 0 saturated carbocycles. The van der Waals surface area contributed by atoms with Crippen molar-refractivity contribution >= 4 is 17.5 Å². The van der Waals surface area contributed by atoms with Crippen LogP contribution in [0.2, 0.25) is 0 Å². The van der Waals surface area contributed by atoms with Crippen LogP contribution in [-0.2, 0) is 22.0 Å². The molecule has 0 aliphatic rings. The lowest BCUT2D eigenvalue weighted by molar-refractivity contribution is 0.201. The van der Waals surface area contributed by atoms with Gasteiger partial charge >= 0.3 is 6.09 Å². The first-order chi connectivity index (χ1) is 7.18. The van der Waals surface area contributed by atoms with E-state index in [9.17, 15) is 13.6 Å². The zero-order valence-electron chi connectivity index (χ0n) is 7.84. The molecule has 0 spiro atoms. The number of hydrogen-bond donors (Lipinski definition) is 1. The average Bonchev–Trinajstić information content (AvgIpc) is 2.18. The Morgan fingerprint density at radius 2 is 2.07 bits per heavy atom. The monoisotopic (exact) mass is 228 g/mol. The van der Waals surface area contributed by atoms with Crippen molar-refractivity contribution in [2.24, 2.45) is 0 Å². The molecule has 15 heavy (non-hydrogen) atoms. The van der Waals surface area contributed by atoms with Gasteiger partial charge in [0.25, 0.3) is 0 Å². The van der Waals surface area contributed by atoms with Gasteiger partial charge in [0.05, 0.1) is 0 Å². The van der Waals surface area contributed by atoms with E-state index in [2.05, 4.69) is 9.50 Å². The molecule has 0 aliphatic carbocycles. The fourth-order valence-corrected chi connectivity index (χ4v) is 1.23. The van der Waals surface area contributed by atoms with Gasteiger partial charge in [-0.2, -0.15) is 0 Å². The van der Waals surface area contributed by atoms with Gasteiger partial charge in [-0.1, -0.05) is 30.3 Å². The van der Waals surface area contributed by atoms with Gasteiger partial charge in [0.2, 0.25) is 0 Å². The SMILES string of the molecule is O=C(NCCc1ccccc1)OS(=O)[O-]. The van der Waals surface area contributed by atoms with E-state index in [-0.39, 0.29) is 0 Å². The van der Waals surface area contributed by atoms with Gasteiger partial charge in [-0.05, 0) is 12.0 Å². The average molecular weight is 228 g/mol. The number of nitrogens with one attached hydrogen (secondary N) is 1. The number of hydrogen-bond acceptors (Lipinski definition) is 4. The van der Waals surface area contributed by atoms with E-state index in [0.29, 0.717) is 13.0 Å². The lowest BCUT2D eigenvalue weighted by atomic mass is 10.1. The lowest BCUT2D eigenvalue weighted by Gasteiger charge is -2.07. The van der Waals surface area contributed by atoms with Crippen molar-refractivity contribution in [2.75, 3.05) is 6.54 Å². The third-order valence-corrected chi connectivity index (χ3v) is 1.96. The quantitative estimate of drug-likeness (QED) is 0.771. The van der Waals surface area contributed by atoms with Crippen LogP contribution >= 0.6 is 0 Å². The second kappa shape index (κ2) is 6.15. The molecule has 0 saturated heterocycles. The molecule has 1 rings (SSSR count). The minimum absolute atomic E-state index is 0.333. The van der Waals surface area contributed by atoms with E-state index in [0.717, 1.165) is 5.56 Å². The predicted octanol–water partition coefficient (Wildman–Crippen LogP) is 0.749. The van der Waals surface area contributed by atoms with Crippen LogP contribution in [0.4, 0.5) is 4.79 Å². The molecule has 0 radical (unpaired) electrons. The Labute approximate surface area is 89.9 Å². The van der Waals surface area contributed by atoms with Gasteiger partial charge in [0, 0.05) is 6.54 Å². The minimum atomic E-state index is -2.81. The molecule has 1 aromatic carbocycles. The van der Waals surface area contributed by atoms with Crippen LogP contribution in [-0.4, -0.2) is 21.4 Å². The number of benzene rings is 1. The first-order valence-electron chi connectivity index (χ1n) is 4.28. The van der Waals surface area contributed by atoms with Gasteiger partial charge in [-0.15, -0.1) is 0 Å². The van der Waals surface area contributed by atoms with Crippen molar-refractivity contribution in [1.82, 2.24) is 5.32 Å². The summed E-state index contributed by atoms with van der Waals surface area (Å²) in [6.45, 7) is 0.333. The van der Waals surface area contributed by atoms with Crippen molar-refractivity contribution in [3.63, 3.8) is 0 Å². The number of carbonyl (C=O) groups is 1. The Bertz CT molecular complexity index is 341. The Kier molecular flexibility index (Phi) is 4.79. The zero-order chi connectivity index (χ0) is 11.1. The molecule has 0 aliphatic heterocycles. The van der Waals surface area contributed by atoms with Crippen molar-refractivity contribution < 1.29 is 17.7 Å². The summed E-state index contributed by atoms with van der Waals surface area (Å²) < 4.78 is 23.8. The molecule has 0 heterocycles. The highest BCUT2D eigenvalue weighted by Gasteiger charge is 2.00. The van der Waals surface area contributed by atoms with E-state index in [1.54, 1.807) is 0 Å². The first-order valence-corrected chi connectivity index (χ1v) is 5.28. The molecule has 1 amide bonds. The molecular formula is C9H10NO4S-. The van der Waals surface area contributed by atoms with Crippen LogP contribution in [0.1, 0.15) is 5.56 Å².